The Balaban J connectivity index is 0. The Kier molecular flexibility index (Phi) is 5.48. The van der Waals surface area contributed by atoms with Gasteiger partial charge in [0.1, 0.15) is 0 Å². The molecule has 2 radical (unpaired) electrons. The molecule has 1 saturated heterocycles. The molecule has 1 aliphatic rings. The Morgan fingerprint density at radius 3 is 1.29 bits per heavy atom. The molecule has 0 saturated carbocycles. The largest absolute Gasteiger partial charge is 0 e. The predicted octanol–water partition coefficient (Wildman–Crippen LogP) is -2.37. The first-order valence-corrected chi connectivity index (χ1v) is 1.02. The molecule has 1 heterocycles. The molecule has 0 aromatic heterocycles. The summed E-state index contributed by atoms with van der Waals surface area (Å²) in [6.45, 7) is 0. The molecule has 4 nitrogen and oxygen atoms in total. The van der Waals surface area contributed by atoms with E-state index in [0.29, 0.717) is 0 Å². The second kappa shape index (κ2) is 3.42. The van der Waals surface area contributed by atoms with Gasteiger partial charge in [-0.1, -0.05) is 0 Å². The summed E-state index contributed by atoms with van der Waals surface area (Å²) in [4.78, 5) is 7.01. The van der Waals surface area contributed by atoms with Gasteiger partial charge < -0.3 is 10.2 Å². The number of hydrogen-bond acceptors (Lipinski definition) is 4. The summed E-state index contributed by atoms with van der Waals surface area (Å²) >= 11 is 0. The minimum atomic E-state index is -2.25. The third-order valence-electron chi connectivity index (χ3n) is 0.232. The fraction of sp³-hybridized carbons (Fsp3) is 1.00. The molecule has 6 heteroatoms. The molecule has 0 aromatic rings. The van der Waals surface area contributed by atoms with E-state index in [1.54, 1.807) is 0 Å². The third-order valence-corrected chi connectivity index (χ3v) is 0.232. The van der Waals surface area contributed by atoms with Crippen LogP contribution in [0.15, 0.2) is 0 Å². The van der Waals surface area contributed by atoms with Gasteiger partial charge in [0.15, 0.2) is 0 Å². The van der Waals surface area contributed by atoms with E-state index in [9.17, 15) is 0 Å². The van der Waals surface area contributed by atoms with Crippen molar-refractivity contribution in [3.8, 4) is 0 Å². The normalized spacial score (nSPS) is 21.4. The second-order valence-electron chi connectivity index (χ2n) is 0.715. The van der Waals surface area contributed by atoms with Gasteiger partial charge >= 0.3 is 33.5 Å². The molecule has 0 unspecified atom stereocenters. The van der Waals surface area contributed by atoms with Crippen molar-refractivity contribution < 1.29 is 39.5 Å². The second-order valence-corrected chi connectivity index (χ2v) is 0.715. The van der Waals surface area contributed by atoms with Gasteiger partial charge in [-0.15, -0.1) is 9.78 Å². The summed E-state index contributed by atoms with van der Waals surface area (Å²) in [5, 5.41) is 15.5. The summed E-state index contributed by atoms with van der Waals surface area (Å²) < 4.78 is 0. The van der Waals surface area contributed by atoms with E-state index >= 15 is 0 Å². The number of hydrogen-bond donors (Lipinski definition) is 2. The molecule has 0 amide bonds. The Morgan fingerprint density at radius 2 is 1.29 bits per heavy atom. The van der Waals surface area contributed by atoms with E-state index in [0.717, 1.165) is 0 Å². The van der Waals surface area contributed by atoms with Crippen LogP contribution in [0.3, 0.4) is 0 Å². The smallest absolute Gasteiger partial charge is 0 e. The Labute approximate surface area is 72.6 Å². The average molecular weight is 353 g/mol. The van der Waals surface area contributed by atoms with Crippen LogP contribution < -0.4 is 0 Å². The fourth-order valence-corrected chi connectivity index (χ4v) is 0.0373. The fourth-order valence-electron chi connectivity index (χ4n) is 0.0373. The maximum absolute atomic E-state index is 7.74. The van der Waals surface area contributed by atoms with Crippen LogP contribution in [0.1, 0.15) is 0 Å². The summed E-state index contributed by atoms with van der Waals surface area (Å²) in [5.74, 6) is 0. The van der Waals surface area contributed by atoms with Crippen LogP contribution in [0.4, 0.5) is 0 Å². The van der Waals surface area contributed by atoms with Crippen LogP contribution in [0.5, 0.6) is 0 Å². The van der Waals surface area contributed by atoms with E-state index in [2.05, 4.69) is 9.78 Å². The van der Waals surface area contributed by atoms with Crippen molar-refractivity contribution in [1.29, 1.82) is 0 Å². The third kappa shape index (κ3) is 5.25. The molecule has 38 valence electrons. The molecule has 7 heavy (non-hydrogen) atoms. The van der Waals surface area contributed by atoms with Gasteiger partial charge in [-0.3, -0.25) is 0 Å². The topological polar surface area (TPSA) is 65.5 Å². The van der Waals surface area contributed by atoms with Crippen molar-refractivity contribution in [1.82, 2.24) is 0 Å². The summed E-state index contributed by atoms with van der Waals surface area (Å²) in [5.41, 5.74) is 0. The molecular weight excluding hydrogens is 349 g/mol. The molecule has 0 spiro atoms. The maximum atomic E-state index is 7.74. The van der Waals surface area contributed by atoms with E-state index in [4.69, 9.17) is 10.2 Å². The van der Waals surface area contributed by atoms with Crippen molar-refractivity contribution >= 4 is 27.3 Å². The summed E-state index contributed by atoms with van der Waals surface area (Å²) in [6.07, 6.45) is -2.25. The van der Waals surface area contributed by atoms with Gasteiger partial charge in [-0.25, -0.2) is 0 Å². The zero-order valence-corrected chi connectivity index (χ0v) is 12.1. The number of aliphatic hydroxyl groups is 2. The van der Waals surface area contributed by atoms with Crippen molar-refractivity contribution in [2.24, 2.45) is 0 Å². The van der Waals surface area contributed by atoms with Gasteiger partial charge in [-0.2, -0.15) is 0 Å². The molecule has 1 aliphatic heterocycles. The van der Waals surface area contributed by atoms with Crippen LogP contribution in [0, 0.1) is 0 Å². The standard InChI is InChI=1S/CH2O4.Pb.Zn.2H/c2-1(3)4-5-1;;;;/h2-3H;;;;. The van der Waals surface area contributed by atoms with Crippen LogP contribution in [0.2, 0.25) is 0 Å². The SMILES string of the molecule is OC1(O)OO1.[PbH2].[Zn]. The molecule has 0 aliphatic carbocycles. The van der Waals surface area contributed by atoms with Crippen LogP contribution >= 0.6 is 0 Å². The van der Waals surface area contributed by atoms with Crippen LogP contribution in [-0.4, -0.2) is 43.7 Å². The molecule has 1 rings (SSSR count). The zero-order valence-electron chi connectivity index (χ0n) is 3.63. The van der Waals surface area contributed by atoms with E-state index in [1.807, 2.05) is 0 Å². The van der Waals surface area contributed by atoms with Gasteiger partial charge in [0, 0.05) is 19.5 Å². The summed E-state index contributed by atoms with van der Waals surface area (Å²) in [7, 11) is 0. The molecule has 0 atom stereocenters. The van der Waals surface area contributed by atoms with Crippen molar-refractivity contribution in [3.05, 3.63) is 0 Å². The zero-order chi connectivity index (χ0) is 3.91. The first-order valence-electron chi connectivity index (χ1n) is 1.02. The average Bonchev–Trinajstić information content (AvgIpc) is 1.76. The van der Waals surface area contributed by atoms with E-state index in [-0.39, 0.29) is 46.8 Å². The van der Waals surface area contributed by atoms with Crippen molar-refractivity contribution in [2.75, 3.05) is 0 Å². The molecule has 0 bridgehead atoms. The van der Waals surface area contributed by atoms with Crippen LogP contribution in [-0.2, 0) is 29.3 Å². The van der Waals surface area contributed by atoms with Gasteiger partial charge in [0.25, 0.3) is 0 Å². The maximum Gasteiger partial charge on any atom is 0 e. The Hall–Kier alpha value is 1.39. The quantitative estimate of drug-likeness (QED) is 0.221. The Morgan fingerprint density at radius 1 is 1.14 bits per heavy atom. The van der Waals surface area contributed by atoms with Gasteiger partial charge in [0.2, 0.25) is 0 Å². The van der Waals surface area contributed by atoms with Crippen molar-refractivity contribution in [2.45, 2.75) is 6.16 Å². The number of rotatable bonds is 0. The van der Waals surface area contributed by atoms with E-state index < -0.39 is 6.16 Å². The monoisotopic (exact) mass is 352 g/mol. The minimum absolute atomic E-state index is 0. The van der Waals surface area contributed by atoms with Gasteiger partial charge in [0.05, 0.1) is 0 Å². The van der Waals surface area contributed by atoms with Crippen molar-refractivity contribution in [3.63, 3.8) is 0 Å². The first kappa shape index (κ1) is 11.2. The molecule has 1 fully saturated rings. The van der Waals surface area contributed by atoms with E-state index in [1.165, 1.54) is 0 Å². The molecular formula is CH4O4PbZn. The van der Waals surface area contributed by atoms with Crippen LogP contribution in [0.25, 0.3) is 0 Å². The molecule has 2 N–H and O–H groups in total. The summed E-state index contributed by atoms with van der Waals surface area (Å²) in [6, 6.07) is 0. The van der Waals surface area contributed by atoms with Gasteiger partial charge in [-0.05, 0) is 0 Å². The minimum Gasteiger partial charge on any atom is 0 e. The molecule has 0 aromatic carbocycles. The predicted molar refractivity (Wildman–Crippen MR) is 17.9 cm³/mol. The Bertz CT molecular complexity index is 49.7. The first-order chi connectivity index (χ1) is 2.21.